The molecular weight excluding hydrogens is 428 g/mol. The van der Waals surface area contributed by atoms with E-state index in [0.29, 0.717) is 33.4 Å². The number of para-hydroxylation sites is 1. The number of aromatic nitrogens is 1. The summed E-state index contributed by atoms with van der Waals surface area (Å²) in [6.45, 7) is 6.13. The van der Waals surface area contributed by atoms with Crippen LogP contribution in [0.25, 0.3) is 11.3 Å². The van der Waals surface area contributed by atoms with Crippen molar-refractivity contribution >= 4 is 17.5 Å². The summed E-state index contributed by atoms with van der Waals surface area (Å²) in [5.74, 6) is 7.35. The number of hydrogen-bond donors (Lipinski definition) is 1. The molecule has 164 valence electrons. The molecular formula is C25H23ClN2O4. The highest BCUT2D eigenvalue weighted by atomic mass is 35.5. The summed E-state index contributed by atoms with van der Waals surface area (Å²) in [5, 5.41) is 7.27. The fourth-order valence-electron chi connectivity index (χ4n) is 3.62. The average Bonchev–Trinajstić information content (AvgIpc) is 3.29. The lowest BCUT2D eigenvalue weighted by molar-refractivity contribution is 0.0957. The molecule has 3 aromatic rings. The normalized spacial score (nSPS) is 13.5. The van der Waals surface area contributed by atoms with E-state index in [1.54, 1.807) is 19.1 Å². The topological polar surface area (TPSA) is 73.6 Å². The van der Waals surface area contributed by atoms with Gasteiger partial charge in [0.2, 0.25) is 0 Å². The molecule has 0 saturated heterocycles. The van der Waals surface area contributed by atoms with E-state index in [9.17, 15) is 4.79 Å². The standard InChI is InChI=1S/C25H23ClN2O4/c1-16-21(22(28-32-16)18-10-4-5-11-19(18)26)24(29)27-13-6-7-14-30-20-12-8-9-17-15-25(2,3)31-23(17)20/h4-5,8-12H,13-15H2,1-3H3,(H,27,29). The summed E-state index contributed by atoms with van der Waals surface area (Å²) in [7, 11) is 0. The highest BCUT2D eigenvalue weighted by Crippen LogP contribution is 2.41. The summed E-state index contributed by atoms with van der Waals surface area (Å²) in [6.07, 6.45) is 0.843. The summed E-state index contributed by atoms with van der Waals surface area (Å²) in [4.78, 5) is 12.7. The predicted octanol–water partition coefficient (Wildman–Crippen LogP) is 4.83. The summed E-state index contributed by atoms with van der Waals surface area (Å²) < 4.78 is 17.0. The fourth-order valence-corrected chi connectivity index (χ4v) is 3.84. The molecule has 1 amide bonds. The Kier molecular flexibility index (Phi) is 6.11. The maximum atomic E-state index is 12.7. The van der Waals surface area contributed by atoms with Crippen molar-refractivity contribution in [1.82, 2.24) is 10.5 Å². The van der Waals surface area contributed by atoms with Gasteiger partial charge in [0.25, 0.3) is 5.91 Å². The SMILES string of the molecule is Cc1onc(-c2ccccc2Cl)c1C(=O)NCC#CCOc1cccc2c1OC(C)(C)C2. The van der Waals surface area contributed by atoms with Gasteiger partial charge in [0.1, 0.15) is 29.2 Å². The van der Waals surface area contributed by atoms with Crippen molar-refractivity contribution in [2.24, 2.45) is 0 Å². The van der Waals surface area contributed by atoms with Crippen LogP contribution in [0.3, 0.4) is 0 Å². The van der Waals surface area contributed by atoms with E-state index in [1.165, 1.54) is 0 Å². The van der Waals surface area contributed by atoms with Crippen molar-refractivity contribution in [3.8, 4) is 34.6 Å². The second kappa shape index (κ2) is 8.97. The van der Waals surface area contributed by atoms with Gasteiger partial charge >= 0.3 is 0 Å². The fraction of sp³-hybridized carbons (Fsp3) is 0.280. The molecule has 1 N–H and O–H groups in total. The monoisotopic (exact) mass is 450 g/mol. The van der Waals surface area contributed by atoms with E-state index in [4.69, 9.17) is 25.6 Å². The molecule has 1 aliphatic rings. The predicted molar refractivity (Wildman–Crippen MR) is 122 cm³/mol. The minimum atomic E-state index is -0.328. The van der Waals surface area contributed by atoms with E-state index in [-0.39, 0.29) is 24.7 Å². The van der Waals surface area contributed by atoms with E-state index in [1.807, 2.05) is 44.2 Å². The van der Waals surface area contributed by atoms with Crippen LogP contribution in [0.2, 0.25) is 5.02 Å². The molecule has 0 atom stereocenters. The summed E-state index contributed by atoms with van der Waals surface area (Å²) in [6, 6.07) is 13.0. The number of nitrogens with zero attached hydrogens (tertiary/aromatic N) is 1. The third-order valence-corrected chi connectivity index (χ3v) is 5.37. The lowest BCUT2D eigenvalue weighted by Gasteiger charge is -2.17. The van der Waals surface area contributed by atoms with Gasteiger partial charge in [0, 0.05) is 17.5 Å². The van der Waals surface area contributed by atoms with Crippen LogP contribution < -0.4 is 14.8 Å². The van der Waals surface area contributed by atoms with Crippen LogP contribution in [0, 0.1) is 18.8 Å². The number of hydrogen-bond acceptors (Lipinski definition) is 5. The Balaban J connectivity index is 1.35. The van der Waals surface area contributed by atoms with Crippen molar-refractivity contribution in [1.29, 1.82) is 0 Å². The Hall–Kier alpha value is -3.43. The average molecular weight is 451 g/mol. The maximum absolute atomic E-state index is 12.7. The molecule has 0 radical (unpaired) electrons. The zero-order valence-electron chi connectivity index (χ0n) is 18.1. The van der Waals surface area contributed by atoms with Gasteiger partial charge in [-0.2, -0.15) is 0 Å². The van der Waals surface area contributed by atoms with Crippen LogP contribution in [0.4, 0.5) is 0 Å². The molecule has 6 nitrogen and oxygen atoms in total. The van der Waals surface area contributed by atoms with Crippen molar-refractivity contribution in [3.05, 3.63) is 64.4 Å². The molecule has 2 aromatic carbocycles. The van der Waals surface area contributed by atoms with Gasteiger partial charge in [-0.15, -0.1) is 0 Å². The molecule has 1 aromatic heterocycles. The van der Waals surface area contributed by atoms with Gasteiger partial charge in [-0.25, -0.2) is 0 Å². The molecule has 0 saturated carbocycles. The molecule has 0 fully saturated rings. The number of amides is 1. The largest absolute Gasteiger partial charge is 0.483 e. The molecule has 0 bridgehead atoms. The number of rotatable bonds is 5. The Morgan fingerprint density at radius 2 is 2.03 bits per heavy atom. The quantitative estimate of drug-likeness (QED) is 0.563. The maximum Gasteiger partial charge on any atom is 0.257 e. The molecule has 32 heavy (non-hydrogen) atoms. The number of fused-ring (bicyclic) bond motifs is 1. The number of ether oxygens (including phenoxy) is 2. The highest BCUT2D eigenvalue weighted by molar-refractivity contribution is 6.33. The lowest BCUT2D eigenvalue weighted by atomic mass is 10.0. The van der Waals surface area contributed by atoms with Crippen LogP contribution in [-0.2, 0) is 6.42 Å². The first-order valence-electron chi connectivity index (χ1n) is 10.2. The lowest BCUT2D eigenvalue weighted by Crippen LogP contribution is -2.24. The number of carbonyl (C=O) groups excluding carboxylic acids is 1. The molecule has 0 aliphatic carbocycles. The third kappa shape index (κ3) is 4.58. The van der Waals surface area contributed by atoms with Crippen LogP contribution in [-0.4, -0.2) is 29.8 Å². The van der Waals surface area contributed by atoms with Crippen LogP contribution in [0.5, 0.6) is 11.5 Å². The van der Waals surface area contributed by atoms with Crippen LogP contribution >= 0.6 is 11.6 Å². The Bertz CT molecular complexity index is 1220. The van der Waals surface area contributed by atoms with Crippen molar-refractivity contribution in [2.45, 2.75) is 32.8 Å². The van der Waals surface area contributed by atoms with Crippen LogP contribution in [0.1, 0.15) is 35.5 Å². The van der Waals surface area contributed by atoms with Crippen molar-refractivity contribution in [3.63, 3.8) is 0 Å². The number of carbonyl (C=O) groups is 1. The van der Waals surface area contributed by atoms with Crippen molar-refractivity contribution < 1.29 is 18.8 Å². The minimum absolute atomic E-state index is 0.158. The van der Waals surface area contributed by atoms with Gasteiger partial charge in [-0.3, -0.25) is 4.79 Å². The van der Waals surface area contributed by atoms with Gasteiger partial charge < -0.3 is 19.3 Å². The van der Waals surface area contributed by atoms with E-state index in [0.717, 1.165) is 17.7 Å². The molecule has 1 aliphatic heterocycles. The zero-order valence-corrected chi connectivity index (χ0v) is 18.9. The Morgan fingerprint density at radius 1 is 1.22 bits per heavy atom. The second-order valence-corrected chi connectivity index (χ2v) is 8.46. The zero-order chi connectivity index (χ0) is 22.7. The Labute approximate surface area is 191 Å². The molecule has 4 rings (SSSR count). The summed E-state index contributed by atoms with van der Waals surface area (Å²) >= 11 is 6.25. The van der Waals surface area contributed by atoms with Gasteiger partial charge in [0.05, 0.1) is 11.6 Å². The third-order valence-electron chi connectivity index (χ3n) is 5.04. The molecule has 2 heterocycles. The molecule has 7 heteroatoms. The Morgan fingerprint density at radius 3 is 2.84 bits per heavy atom. The number of aryl methyl sites for hydroxylation is 1. The first-order chi connectivity index (χ1) is 15.4. The van der Waals surface area contributed by atoms with Gasteiger partial charge in [-0.1, -0.05) is 58.9 Å². The van der Waals surface area contributed by atoms with E-state index in [2.05, 4.69) is 22.3 Å². The van der Waals surface area contributed by atoms with E-state index < -0.39 is 0 Å². The number of benzene rings is 2. The highest BCUT2D eigenvalue weighted by Gasteiger charge is 2.32. The van der Waals surface area contributed by atoms with Crippen LogP contribution in [0.15, 0.2) is 47.0 Å². The van der Waals surface area contributed by atoms with Crippen molar-refractivity contribution in [2.75, 3.05) is 13.2 Å². The summed E-state index contributed by atoms with van der Waals surface area (Å²) in [5.41, 5.74) is 2.28. The molecule has 0 unspecified atom stereocenters. The second-order valence-electron chi connectivity index (χ2n) is 8.05. The van der Waals surface area contributed by atoms with E-state index >= 15 is 0 Å². The minimum Gasteiger partial charge on any atom is -0.483 e. The number of halogens is 1. The molecule has 0 spiro atoms. The smallest absolute Gasteiger partial charge is 0.257 e. The van der Waals surface area contributed by atoms with Gasteiger partial charge in [0.15, 0.2) is 11.5 Å². The first-order valence-corrected chi connectivity index (χ1v) is 10.6. The first kappa shape index (κ1) is 21.8. The number of nitrogens with one attached hydrogen (secondary N) is 1. The van der Waals surface area contributed by atoms with Gasteiger partial charge in [-0.05, 0) is 32.9 Å².